The van der Waals surface area contributed by atoms with E-state index < -0.39 is 0 Å². The van der Waals surface area contributed by atoms with Crippen LogP contribution in [0.15, 0.2) is 15.1 Å². The molecule has 0 spiro atoms. The first-order valence-corrected chi connectivity index (χ1v) is 2.16. The van der Waals surface area contributed by atoms with Gasteiger partial charge in [-0.15, -0.1) is 0 Å². The Morgan fingerprint density at radius 1 is 1.75 bits per heavy atom. The van der Waals surface area contributed by atoms with Crippen LogP contribution in [0.3, 0.4) is 0 Å². The third kappa shape index (κ3) is 0.900. The smallest absolute Gasteiger partial charge is 0.119 e. The number of oxime groups is 1. The second kappa shape index (κ2) is 2.20. The van der Waals surface area contributed by atoms with Gasteiger partial charge < -0.3 is 5.21 Å². The summed E-state index contributed by atoms with van der Waals surface area (Å²) in [4.78, 5) is 7.34. The molecule has 1 aliphatic heterocycles. The molecule has 0 unspecified atom stereocenters. The SMILES string of the molecule is ON=C1C=NC=NC1. The molecule has 0 saturated carbocycles. The molecule has 1 aliphatic rings. The average Bonchev–Trinajstić information content (AvgIpc) is 1.90. The van der Waals surface area contributed by atoms with E-state index in [0.717, 1.165) is 0 Å². The van der Waals surface area contributed by atoms with Crippen LogP contribution in [0.1, 0.15) is 0 Å². The molecule has 0 aromatic carbocycles. The Balaban J connectivity index is 2.66. The van der Waals surface area contributed by atoms with Crippen molar-refractivity contribution in [2.24, 2.45) is 15.1 Å². The molecule has 4 nitrogen and oxygen atoms in total. The van der Waals surface area contributed by atoms with Crippen molar-refractivity contribution >= 4 is 18.3 Å². The van der Waals surface area contributed by atoms with E-state index in [1.165, 1.54) is 12.6 Å². The van der Waals surface area contributed by atoms with Gasteiger partial charge in [-0.1, -0.05) is 5.16 Å². The Kier molecular flexibility index (Phi) is 1.37. The van der Waals surface area contributed by atoms with E-state index in [9.17, 15) is 0 Å². The van der Waals surface area contributed by atoms with Gasteiger partial charge >= 0.3 is 0 Å². The molecule has 42 valence electrons. The summed E-state index contributed by atoms with van der Waals surface area (Å²) in [7, 11) is 0. The minimum absolute atomic E-state index is 0.431. The van der Waals surface area contributed by atoms with E-state index in [2.05, 4.69) is 15.1 Å². The van der Waals surface area contributed by atoms with Crippen LogP contribution in [-0.2, 0) is 0 Å². The molecule has 0 saturated heterocycles. The first kappa shape index (κ1) is 4.96. The van der Waals surface area contributed by atoms with Crippen LogP contribution in [0.2, 0.25) is 0 Å². The third-order valence-corrected chi connectivity index (χ3v) is 0.754. The minimum Gasteiger partial charge on any atom is -0.411 e. The molecule has 0 aromatic rings. The van der Waals surface area contributed by atoms with Crippen molar-refractivity contribution in [2.75, 3.05) is 6.54 Å². The maximum Gasteiger partial charge on any atom is 0.119 e. The molecule has 0 aliphatic carbocycles. The number of hydrogen-bond acceptors (Lipinski definition) is 4. The summed E-state index contributed by atoms with van der Waals surface area (Å²) in [6.07, 6.45) is 2.89. The molecule has 1 heterocycles. The highest BCUT2D eigenvalue weighted by Gasteiger charge is 1.94. The maximum atomic E-state index is 8.11. The van der Waals surface area contributed by atoms with Crippen molar-refractivity contribution in [1.29, 1.82) is 0 Å². The van der Waals surface area contributed by atoms with Gasteiger partial charge in [0.15, 0.2) is 0 Å². The molecule has 8 heavy (non-hydrogen) atoms. The fraction of sp³-hybridized carbons (Fsp3) is 0.250. The topological polar surface area (TPSA) is 57.3 Å². The van der Waals surface area contributed by atoms with Gasteiger partial charge in [0.25, 0.3) is 0 Å². The van der Waals surface area contributed by atoms with Crippen LogP contribution in [0, 0.1) is 0 Å². The zero-order valence-corrected chi connectivity index (χ0v) is 4.15. The number of aliphatic imine (C=N–C) groups is 2. The molecule has 4 heteroatoms. The number of rotatable bonds is 0. The highest BCUT2D eigenvalue weighted by Crippen LogP contribution is 1.80. The van der Waals surface area contributed by atoms with Crippen molar-refractivity contribution in [2.45, 2.75) is 0 Å². The van der Waals surface area contributed by atoms with Crippen LogP contribution >= 0.6 is 0 Å². The fourth-order valence-corrected chi connectivity index (χ4v) is 0.399. The molecule has 0 fully saturated rings. The first-order chi connectivity index (χ1) is 3.93. The highest BCUT2D eigenvalue weighted by molar-refractivity contribution is 6.33. The Labute approximate surface area is 46.3 Å². The minimum atomic E-state index is 0.431. The van der Waals surface area contributed by atoms with E-state index in [1.54, 1.807) is 0 Å². The van der Waals surface area contributed by atoms with E-state index in [1.807, 2.05) is 0 Å². The first-order valence-electron chi connectivity index (χ1n) is 2.16. The Bertz CT molecular complexity index is 159. The second-order valence-corrected chi connectivity index (χ2v) is 1.33. The van der Waals surface area contributed by atoms with Gasteiger partial charge in [0.2, 0.25) is 0 Å². The zero-order chi connectivity index (χ0) is 5.82. The molecule has 1 N–H and O–H groups in total. The summed E-state index contributed by atoms with van der Waals surface area (Å²) in [5, 5.41) is 11.0. The standard InChI is InChI=1S/C4H5N3O/c8-7-4-1-5-3-6-2-4/h1,3,8H,2H2. The van der Waals surface area contributed by atoms with Crippen LogP contribution < -0.4 is 0 Å². The van der Waals surface area contributed by atoms with Crippen molar-refractivity contribution in [3.63, 3.8) is 0 Å². The summed E-state index contributed by atoms with van der Waals surface area (Å²) < 4.78 is 0. The zero-order valence-electron chi connectivity index (χ0n) is 4.15. The summed E-state index contributed by atoms with van der Waals surface area (Å²) >= 11 is 0. The summed E-state index contributed by atoms with van der Waals surface area (Å²) in [6, 6.07) is 0. The molecule has 0 bridgehead atoms. The fourth-order valence-electron chi connectivity index (χ4n) is 0.399. The Hall–Kier alpha value is -1.19. The van der Waals surface area contributed by atoms with Gasteiger partial charge in [-0.2, -0.15) is 0 Å². The highest BCUT2D eigenvalue weighted by atomic mass is 16.4. The lowest BCUT2D eigenvalue weighted by atomic mass is 10.4. The molecular weight excluding hydrogens is 106 g/mol. The van der Waals surface area contributed by atoms with E-state index in [0.29, 0.717) is 12.3 Å². The summed E-state index contributed by atoms with van der Waals surface area (Å²) in [5.74, 6) is 0. The molecular formula is C4H5N3O. The van der Waals surface area contributed by atoms with E-state index >= 15 is 0 Å². The molecule has 0 radical (unpaired) electrons. The van der Waals surface area contributed by atoms with Crippen molar-refractivity contribution in [3.8, 4) is 0 Å². The van der Waals surface area contributed by atoms with Crippen molar-refractivity contribution in [1.82, 2.24) is 0 Å². The maximum absolute atomic E-state index is 8.11. The number of nitrogens with zero attached hydrogens (tertiary/aromatic N) is 3. The van der Waals surface area contributed by atoms with E-state index in [-0.39, 0.29) is 0 Å². The Morgan fingerprint density at radius 2 is 2.62 bits per heavy atom. The largest absolute Gasteiger partial charge is 0.411 e. The monoisotopic (exact) mass is 111 g/mol. The molecule has 0 aromatic heterocycles. The van der Waals surface area contributed by atoms with Gasteiger partial charge in [0.05, 0.1) is 12.8 Å². The van der Waals surface area contributed by atoms with Gasteiger partial charge in [0, 0.05) is 0 Å². The third-order valence-electron chi connectivity index (χ3n) is 0.754. The van der Waals surface area contributed by atoms with Crippen LogP contribution in [0.5, 0.6) is 0 Å². The average molecular weight is 111 g/mol. The Morgan fingerprint density at radius 3 is 3.00 bits per heavy atom. The van der Waals surface area contributed by atoms with Gasteiger partial charge in [-0.05, 0) is 0 Å². The van der Waals surface area contributed by atoms with Gasteiger partial charge in [0.1, 0.15) is 12.1 Å². The summed E-state index contributed by atoms with van der Waals surface area (Å²) in [6.45, 7) is 0.431. The van der Waals surface area contributed by atoms with Crippen molar-refractivity contribution in [3.05, 3.63) is 0 Å². The van der Waals surface area contributed by atoms with Crippen LogP contribution in [0.4, 0.5) is 0 Å². The predicted molar refractivity (Wildman–Crippen MR) is 31.1 cm³/mol. The lowest BCUT2D eigenvalue weighted by Crippen LogP contribution is -2.08. The van der Waals surface area contributed by atoms with Gasteiger partial charge in [-0.3, -0.25) is 4.99 Å². The predicted octanol–water partition coefficient (Wildman–Crippen LogP) is -0.0707. The second-order valence-electron chi connectivity index (χ2n) is 1.33. The molecule has 0 amide bonds. The normalized spacial score (nSPS) is 22.2. The summed E-state index contributed by atoms with van der Waals surface area (Å²) in [5.41, 5.74) is 0.493. The number of hydrogen-bond donors (Lipinski definition) is 1. The van der Waals surface area contributed by atoms with Crippen LogP contribution in [0.25, 0.3) is 0 Å². The van der Waals surface area contributed by atoms with Gasteiger partial charge in [-0.25, -0.2) is 4.99 Å². The van der Waals surface area contributed by atoms with E-state index in [4.69, 9.17) is 5.21 Å². The van der Waals surface area contributed by atoms with Crippen LogP contribution in [-0.4, -0.2) is 30.0 Å². The molecule has 1 rings (SSSR count). The van der Waals surface area contributed by atoms with Crippen molar-refractivity contribution < 1.29 is 5.21 Å². The lowest BCUT2D eigenvalue weighted by molar-refractivity contribution is 0.319. The quantitative estimate of drug-likeness (QED) is 0.345. The molecule has 0 atom stereocenters. The lowest BCUT2D eigenvalue weighted by Gasteiger charge is -1.93.